The molecule has 17 rings (SSSR count). The van der Waals surface area contributed by atoms with Gasteiger partial charge in [0, 0.05) is 144 Å². The smallest absolute Gasteiger partial charge is 0.0799 e. The van der Waals surface area contributed by atoms with Crippen LogP contribution in [0.15, 0.2) is 316 Å². The molecule has 0 aliphatic heterocycles. The second-order valence-electron chi connectivity index (χ2n) is 37.6. The zero-order chi connectivity index (χ0) is 105. The predicted molar refractivity (Wildman–Crippen MR) is 571 cm³/mol. The van der Waals surface area contributed by atoms with Gasteiger partial charge >= 0.3 is 0 Å². The molecular formula is C120H134Ir4N8Si4-8. The van der Waals surface area contributed by atoms with Crippen LogP contribution in [0.5, 0.6) is 0 Å². The summed E-state index contributed by atoms with van der Waals surface area (Å²) >= 11 is 0. The number of rotatable bonds is 18. The molecule has 0 spiro atoms. The summed E-state index contributed by atoms with van der Waals surface area (Å²) in [6.45, 7) is 33.8. The van der Waals surface area contributed by atoms with Crippen molar-refractivity contribution in [1.82, 2.24) is 39.9 Å². The van der Waals surface area contributed by atoms with Crippen LogP contribution >= 0.6 is 0 Å². The van der Waals surface area contributed by atoms with Crippen molar-refractivity contribution in [1.29, 1.82) is 0 Å². The molecule has 1 saturated carbocycles. The van der Waals surface area contributed by atoms with Crippen LogP contribution in [0, 0.1) is 81.9 Å². The Morgan fingerprint density at radius 2 is 0.559 bits per heavy atom. The Balaban J connectivity index is 0.000000258. The number of aryl methyl sites for hydroxylation is 4. The Morgan fingerprint density at radius 1 is 0.301 bits per heavy atom. The topological polar surface area (TPSA) is 103 Å². The fourth-order valence-corrected chi connectivity index (χ4v) is 21.6. The maximum Gasteiger partial charge on any atom is 0.0799 e. The zero-order valence-electron chi connectivity index (χ0n) is 93.5. The number of hydrogen-bond donors (Lipinski definition) is 0. The van der Waals surface area contributed by atoms with Gasteiger partial charge in [0.1, 0.15) is 0 Å². The molecule has 4 radical (unpaired) electrons. The van der Waals surface area contributed by atoms with Crippen LogP contribution in [0.25, 0.3) is 90.1 Å². The van der Waals surface area contributed by atoms with Crippen LogP contribution < -0.4 is 20.7 Å². The predicted octanol–water partition coefficient (Wildman–Crippen LogP) is 29.3. The third-order valence-corrected chi connectivity index (χ3v) is 30.3. The van der Waals surface area contributed by atoms with Gasteiger partial charge in [-0.15, -0.1) is 287 Å². The normalized spacial score (nSPS) is 13.4. The molecule has 0 amide bonds. The van der Waals surface area contributed by atoms with Gasteiger partial charge in [0.05, 0.1) is 32.3 Å². The van der Waals surface area contributed by atoms with Gasteiger partial charge in [-0.25, -0.2) is 0 Å². The van der Waals surface area contributed by atoms with Crippen molar-refractivity contribution < 1.29 is 96.9 Å². The molecule has 0 bridgehead atoms. The summed E-state index contributed by atoms with van der Waals surface area (Å²) in [7, 11) is -5.37. The minimum absolute atomic E-state index is 0. The number of benzene rings is 8. The van der Waals surface area contributed by atoms with E-state index in [-0.39, 0.29) is 103 Å². The first-order chi connectivity index (χ1) is 68.0. The third kappa shape index (κ3) is 36.6. The summed E-state index contributed by atoms with van der Waals surface area (Å²) in [4.78, 5) is 35.3. The van der Waals surface area contributed by atoms with Gasteiger partial charge in [0.2, 0.25) is 0 Å². The summed E-state index contributed by atoms with van der Waals surface area (Å²) in [5.41, 5.74) is 20.7. The molecule has 8 nitrogen and oxygen atoms in total. The molecule has 1 unspecified atom stereocenters. The Labute approximate surface area is 891 Å². The molecule has 16 heteroatoms. The first-order valence-electron chi connectivity index (χ1n) is 51.7. The van der Waals surface area contributed by atoms with Gasteiger partial charge in [0.15, 0.2) is 0 Å². The van der Waals surface area contributed by atoms with E-state index in [0.29, 0.717) is 40.5 Å². The van der Waals surface area contributed by atoms with E-state index in [9.17, 15) is 0 Å². The fraction of sp³-hybridized carbons (Fsp3) is 0.267. The molecule has 714 valence electrons. The maximum absolute atomic E-state index is 7.29. The molecular weight excluding hydrogens is 2430 g/mol. The van der Waals surface area contributed by atoms with Gasteiger partial charge in [0.25, 0.3) is 0 Å². The Morgan fingerprint density at radius 3 is 0.816 bits per heavy atom. The Bertz CT molecular complexity index is 6290. The summed E-state index contributed by atoms with van der Waals surface area (Å²) in [5, 5.41) is 6.01. The van der Waals surface area contributed by atoms with E-state index in [1.807, 2.05) is 140 Å². The quantitative estimate of drug-likeness (QED) is 0.0618. The summed E-state index contributed by atoms with van der Waals surface area (Å²) < 4.78 is 87.5. The number of pyridine rings is 8. The Hall–Kier alpha value is -9.58. The van der Waals surface area contributed by atoms with Crippen molar-refractivity contribution in [2.24, 2.45) is 5.92 Å². The third-order valence-electron chi connectivity index (χ3n) is 22.1. The van der Waals surface area contributed by atoms with Crippen LogP contribution in [0.2, 0.25) is 78.6 Å². The monoisotopic (exact) mass is 2580 g/mol. The van der Waals surface area contributed by atoms with Crippen LogP contribution in [0.4, 0.5) is 0 Å². The van der Waals surface area contributed by atoms with Gasteiger partial charge in [-0.2, -0.15) is 0 Å². The standard InChI is InChI=1S/C19H24NSi.2C18H24NSi.C17H22NSi.4C12H10N.4Ir/c1-21(2,3)19-14-20-18(16-11-5-4-6-12-16)13-17(19)15-9-7-8-10-15;1-14(2)11-16-12-17(15-9-7-6-8-10-15)19-13-18(16)20(3,4)5;1-6-14(2)16-12-17(15-10-8-7-9-11-15)19-13-18(16)20(3,4)5;1-13(2)15-11-16(14-9-7-6-8-10-14)18-12-17(15)19(3,4)5;4*1-10-6-5-9-12(13-10)11-7-3-2-4-8-11;;;;/h4-6,11,13-15H,7-10H2,1-3H3;6-9,12-14H,11H2,1-5H3;7-10,12-14H,6H2,1-5H3;6-9,11-13H,1-5H3;4*2-7,9H,1H3;;;;/q8*-1;;;;/i;;;;4*1D3;;;;. The first kappa shape index (κ1) is 96.7. The van der Waals surface area contributed by atoms with E-state index in [4.69, 9.17) is 26.4 Å². The van der Waals surface area contributed by atoms with Crippen molar-refractivity contribution in [2.45, 2.75) is 204 Å². The molecule has 16 aromatic rings. The van der Waals surface area contributed by atoms with Crippen molar-refractivity contribution in [2.75, 3.05) is 0 Å². The second kappa shape index (κ2) is 57.1. The van der Waals surface area contributed by atoms with E-state index in [1.165, 1.54) is 88.6 Å². The van der Waals surface area contributed by atoms with E-state index >= 15 is 0 Å². The SMILES string of the molecule is CC(C)Cc1cc(-c2[c-]cccc2)ncc1[Si](C)(C)C.CC(C)c1cc(-c2[c-]cccc2)ncc1[Si](C)(C)C.CCC(C)c1cc(-c2[c-]cccc2)ncc1[Si](C)(C)C.C[Si](C)(C)c1cnc(-c2[c-]cccc2)cc1C1CCCC1.[2H]C([2H])([2H])c1cccc(-c2[c-]cccc2)n1.[2H]C([2H])([2H])c1cccc(-c2[c-]cccc2)n1.[2H]C([2H])([2H])c1cccc(-c2[c-]cccc2)n1.[2H]C([2H])([2H])c1cccc(-c2[c-]cccc2)n1.[Ir].[Ir].[Ir].[Ir]. The average molecular weight is 2580 g/mol. The molecule has 8 aromatic carbocycles. The zero-order valence-corrected chi connectivity index (χ0v) is 95.1. The summed E-state index contributed by atoms with van der Waals surface area (Å²) in [6, 6.07) is 116. The van der Waals surface area contributed by atoms with E-state index in [2.05, 4.69) is 278 Å². The van der Waals surface area contributed by atoms with Gasteiger partial charge in [-0.1, -0.05) is 228 Å². The van der Waals surface area contributed by atoms with Gasteiger partial charge < -0.3 is 39.9 Å². The largest absolute Gasteiger partial charge is 0.305 e. The molecule has 8 aromatic heterocycles. The Kier molecular flexibility index (Phi) is 40.6. The van der Waals surface area contributed by atoms with E-state index in [1.54, 1.807) is 83.5 Å². The van der Waals surface area contributed by atoms with Crippen molar-refractivity contribution >= 4 is 53.0 Å². The molecule has 8 heterocycles. The van der Waals surface area contributed by atoms with Crippen LogP contribution in [0.3, 0.4) is 0 Å². The molecule has 1 aliphatic carbocycles. The van der Waals surface area contributed by atoms with Gasteiger partial charge in [-0.3, -0.25) is 0 Å². The minimum atomic E-state index is -2.16. The molecule has 1 atom stereocenters. The van der Waals surface area contributed by atoms with Crippen molar-refractivity contribution in [3.8, 4) is 90.1 Å². The number of aromatic nitrogens is 8. The molecule has 0 N–H and O–H groups in total. The van der Waals surface area contributed by atoms with Crippen molar-refractivity contribution in [3.05, 3.63) is 410 Å². The van der Waals surface area contributed by atoms with E-state index in [0.717, 1.165) is 79.6 Å². The number of nitrogens with zero attached hydrogens (tertiary/aromatic N) is 8. The summed E-state index contributed by atoms with van der Waals surface area (Å²) in [5.74, 6) is 2.53. The number of hydrogen-bond acceptors (Lipinski definition) is 8. The first-order valence-corrected chi connectivity index (χ1v) is 59.7. The van der Waals surface area contributed by atoms with Crippen LogP contribution in [0.1, 0.15) is 153 Å². The molecule has 1 fully saturated rings. The van der Waals surface area contributed by atoms with Crippen LogP contribution in [-0.4, -0.2) is 72.2 Å². The van der Waals surface area contributed by atoms with E-state index < -0.39 is 59.7 Å². The van der Waals surface area contributed by atoms with Gasteiger partial charge in [-0.05, 0) is 167 Å². The minimum Gasteiger partial charge on any atom is -0.305 e. The second-order valence-corrected chi connectivity index (χ2v) is 57.7. The fourth-order valence-electron chi connectivity index (χ4n) is 15.1. The molecule has 0 saturated heterocycles. The maximum atomic E-state index is 7.29. The average Bonchev–Trinajstić information content (AvgIpc) is 1.20. The van der Waals surface area contributed by atoms with Crippen LogP contribution in [-0.2, 0) is 86.8 Å². The molecule has 1 aliphatic rings. The summed E-state index contributed by atoms with van der Waals surface area (Å²) in [6.07, 6.45) is 16.2. The van der Waals surface area contributed by atoms with Crippen molar-refractivity contribution in [3.63, 3.8) is 0 Å². The molecule has 136 heavy (non-hydrogen) atoms.